The van der Waals surface area contributed by atoms with Crippen molar-refractivity contribution in [1.29, 1.82) is 0 Å². The number of carbonyl (C=O) groups excluding carboxylic acids is 1. The van der Waals surface area contributed by atoms with Gasteiger partial charge in [0.05, 0.1) is 6.54 Å². The van der Waals surface area contributed by atoms with E-state index in [0.29, 0.717) is 11.8 Å². The van der Waals surface area contributed by atoms with Crippen LogP contribution in [0.3, 0.4) is 0 Å². The number of hydrogen-bond donors (Lipinski definition) is 0. The summed E-state index contributed by atoms with van der Waals surface area (Å²) in [6, 6.07) is 6.12. The highest BCUT2D eigenvalue weighted by Gasteiger charge is 2.37. The van der Waals surface area contributed by atoms with Gasteiger partial charge < -0.3 is 19.1 Å². The van der Waals surface area contributed by atoms with E-state index < -0.39 is 0 Å². The number of halogens is 1. The molecule has 1 aliphatic carbocycles. The van der Waals surface area contributed by atoms with Crippen LogP contribution in [0.15, 0.2) is 22.7 Å². The number of hydrogen-bond acceptors (Lipinski definition) is 5. The zero-order chi connectivity index (χ0) is 20.4. The van der Waals surface area contributed by atoms with Crippen molar-refractivity contribution in [3.05, 3.63) is 28.2 Å². The predicted octanol–water partition coefficient (Wildman–Crippen LogP) is 3.92. The first kappa shape index (κ1) is 20.9. The molecule has 7 heteroatoms. The van der Waals surface area contributed by atoms with Gasteiger partial charge in [-0.05, 0) is 74.8 Å². The zero-order valence-corrected chi connectivity index (χ0v) is 18.9. The minimum atomic E-state index is -0.264. The maximum absolute atomic E-state index is 12.1. The number of ether oxygens (including phenoxy) is 3. The van der Waals surface area contributed by atoms with Crippen molar-refractivity contribution in [2.45, 2.75) is 45.0 Å². The predicted molar refractivity (Wildman–Crippen MR) is 114 cm³/mol. The molecule has 3 fully saturated rings. The quantitative estimate of drug-likeness (QED) is 0.516. The largest absolute Gasteiger partial charge is 0.465 e. The number of likely N-dealkylation sites (tertiary alicyclic amines) is 1. The molecule has 0 aromatic heterocycles. The molecule has 0 spiro atoms. The van der Waals surface area contributed by atoms with Crippen LogP contribution in [0.4, 0.5) is 4.79 Å². The van der Waals surface area contributed by atoms with E-state index in [2.05, 4.69) is 26.9 Å². The molecule has 2 aliphatic heterocycles. The average Bonchev–Trinajstić information content (AvgIpc) is 3.30. The second kappa shape index (κ2) is 9.23. The number of cyclic esters (lactones) is 1. The topological polar surface area (TPSA) is 51.2 Å². The smallest absolute Gasteiger partial charge is 0.410 e. The van der Waals surface area contributed by atoms with Crippen molar-refractivity contribution < 1.29 is 19.0 Å². The molecule has 0 radical (unpaired) electrons. The van der Waals surface area contributed by atoms with Crippen LogP contribution >= 0.6 is 15.9 Å². The number of rotatable bonds is 9. The molecule has 0 N–H and O–H groups in total. The Morgan fingerprint density at radius 2 is 2.03 bits per heavy atom. The molecule has 160 valence electrons. The van der Waals surface area contributed by atoms with Crippen molar-refractivity contribution in [2.24, 2.45) is 11.8 Å². The Balaban J connectivity index is 1.27. The average molecular weight is 467 g/mol. The molecular formula is C22H31BrN2O4. The summed E-state index contributed by atoms with van der Waals surface area (Å²) in [4.78, 5) is 16.4. The molecule has 3 aliphatic rings. The van der Waals surface area contributed by atoms with Crippen LogP contribution in [0.5, 0.6) is 5.75 Å². The van der Waals surface area contributed by atoms with Gasteiger partial charge in [-0.1, -0.05) is 15.9 Å². The van der Waals surface area contributed by atoms with Crippen LogP contribution in [0.25, 0.3) is 0 Å². The van der Waals surface area contributed by atoms with Gasteiger partial charge in [-0.3, -0.25) is 4.90 Å². The van der Waals surface area contributed by atoms with Crippen LogP contribution in [0.2, 0.25) is 0 Å². The summed E-state index contributed by atoms with van der Waals surface area (Å²) in [5.41, 5.74) is 1.26. The van der Waals surface area contributed by atoms with E-state index in [1.54, 1.807) is 7.11 Å². The maximum atomic E-state index is 12.1. The van der Waals surface area contributed by atoms with Gasteiger partial charge in [-0.15, -0.1) is 0 Å². The molecule has 2 heterocycles. The Bertz CT molecular complexity index is 727. The lowest BCUT2D eigenvalue weighted by atomic mass is 9.98. The van der Waals surface area contributed by atoms with Gasteiger partial charge in [-0.25, -0.2) is 4.79 Å². The molecule has 4 rings (SSSR count). The minimum Gasteiger partial charge on any atom is -0.465 e. The Morgan fingerprint density at radius 1 is 1.21 bits per heavy atom. The third-order valence-electron chi connectivity index (χ3n) is 6.12. The molecule has 3 atom stereocenters. The molecule has 1 amide bonds. The van der Waals surface area contributed by atoms with Crippen LogP contribution in [-0.4, -0.2) is 68.1 Å². The summed E-state index contributed by atoms with van der Waals surface area (Å²) in [6.45, 7) is 6.47. The van der Waals surface area contributed by atoms with E-state index in [1.807, 2.05) is 24.0 Å². The van der Waals surface area contributed by atoms with Gasteiger partial charge in [0.2, 0.25) is 0 Å². The molecule has 6 nitrogen and oxygen atoms in total. The molecule has 1 saturated carbocycles. The summed E-state index contributed by atoms with van der Waals surface area (Å²) in [7, 11) is 1.64. The third-order valence-corrected chi connectivity index (χ3v) is 6.89. The molecule has 29 heavy (non-hydrogen) atoms. The SMILES string of the molecule is COC(C)Oc1ccc(Br)c(CC2CCN(CC3CN(CC4CC4)C(=O)O3)C2)c1. The fourth-order valence-electron chi connectivity index (χ4n) is 4.30. The maximum Gasteiger partial charge on any atom is 0.410 e. The van der Waals surface area contributed by atoms with E-state index in [0.717, 1.165) is 49.4 Å². The molecule has 3 unspecified atom stereocenters. The Morgan fingerprint density at radius 3 is 2.79 bits per heavy atom. The molecular weight excluding hydrogens is 436 g/mol. The molecule has 1 aromatic carbocycles. The molecule has 2 saturated heterocycles. The first-order valence-electron chi connectivity index (χ1n) is 10.7. The highest BCUT2D eigenvalue weighted by Crippen LogP contribution is 2.32. The fraction of sp³-hybridized carbons (Fsp3) is 0.682. The summed E-state index contributed by atoms with van der Waals surface area (Å²) in [5, 5.41) is 0. The fourth-order valence-corrected chi connectivity index (χ4v) is 4.70. The number of methoxy groups -OCH3 is 1. The van der Waals surface area contributed by atoms with Crippen molar-refractivity contribution >= 4 is 22.0 Å². The van der Waals surface area contributed by atoms with Crippen LogP contribution in [-0.2, 0) is 15.9 Å². The van der Waals surface area contributed by atoms with Crippen molar-refractivity contribution in [1.82, 2.24) is 9.80 Å². The number of nitrogens with zero attached hydrogens (tertiary/aromatic N) is 2. The van der Waals surface area contributed by atoms with Gasteiger partial charge >= 0.3 is 6.09 Å². The van der Waals surface area contributed by atoms with E-state index in [4.69, 9.17) is 14.2 Å². The van der Waals surface area contributed by atoms with E-state index in [1.165, 1.54) is 24.8 Å². The number of amides is 1. The second-order valence-corrected chi connectivity index (χ2v) is 9.50. The van der Waals surface area contributed by atoms with E-state index in [9.17, 15) is 4.79 Å². The summed E-state index contributed by atoms with van der Waals surface area (Å²) in [6.07, 6.45) is 4.32. The number of carbonyl (C=O) groups is 1. The third kappa shape index (κ3) is 5.64. The summed E-state index contributed by atoms with van der Waals surface area (Å²) in [5.74, 6) is 2.14. The Hall–Kier alpha value is -1.31. The molecule has 0 bridgehead atoms. The van der Waals surface area contributed by atoms with Crippen molar-refractivity contribution in [2.75, 3.05) is 39.8 Å². The Kier molecular flexibility index (Phi) is 6.66. The normalized spacial score (nSPS) is 26.0. The van der Waals surface area contributed by atoms with E-state index >= 15 is 0 Å². The van der Waals surface area contributed by atoms with Crippen molar-refractivity contribution in [3.8, 4) is 5.75 Å². The standard InChI is InChI=1S/C22H31BrN2O4/c1-15(27-2)28-19-5-6-21(23)18(10-19)9-17-7-8-24(11-17)13-20-14-25(22(26)29-20)12-16-3-4-16/h5-6,10,15-17,20H,3-4,7-9,11-14H2,1-2H3. The highest BCUT2D eigenvalue weighted by atomic mass is 79.9. The summed E-state index contributed by atoms with van der Waals surface area (Å²) < 4.78 is 17.7. The lowest BCUT2D eigenvalue weighted by Gasteiger charge is -2.20. The first-order chi connectivity index (χ1) is 14.0. The monoisotopic (exact) mass is 466 g/mol. The van der Waals surface area contributed by atoms with Crippen molar-refractivity contribution in [3.63, 3.8) is 0 Å². The van der Waals surface area contributed by atoms with Gasteiger partial charge in [0.25, 0.3) is 0 Å². The zero-order valence-electron chi connectivity index (χ0n) is 17.3. The van der Waals surface area contributed by atoms with Gasteiger partial charge in [-0.2, -0.15) is 0 Å². The molecule has 1 aromatic rings. The minimum absolute atomic E-state index is 0.0130. The van der Waals surface area contributed by atoms with Crippen LogP contribution < -0.4 is 4.74 Å². The second-order valence-electron chi connectivity index (χ2n) is 8.65. The Labute approximate surface area is 181 Å². The highest BCUT2D eigenvalue weighted by molar-refractivity contribution is 9.10. The van der Waals surface area contributed by atoms with Crippen LogP contribution in [0.1, 0.15) is 31.7 Å². The van der Waals surface area contributed by atoms with Gasteiger partial charge in [0.1, 0.15) is 11.9 Å². The lowest BCUT2D eigenvalue weighted by Crippen LogP contribution is -2.34. The van der Waals surface area contributed by atoms with Gasteiger partial charge in [0.15, 0.2) is 6.29 Å². The van der Waals surface area contributed by atoms with E-state index in [-0.39, 0.29) is 18.5 Å². The van der Waals surface area contributed by atoms with Gasteiger partial charge in [0, 0.05) is 31.2 Å². The first-order valence-corrected chi connectivity index (χ1v) is 11.4. The lowest BCUT2D eigenvalue weighted by molar-refractivity contribution is -0.0383. The van der Waals surface area contributed by atoms with Crippen LogP contribution in [0, 0.1) is 11.8 Å². The summed E-state index contributed by atoms with van der Waals surface area (Å²) >= 11 is 3.68. The number of benzene rings is 1.